The highest BCUT2D eigenvalue weighted by Gasteiger charge is 2.40. The summed E-state index contributed by atoms with van der Waals surface area (Å²) in [7, 11) is 0. The summed E-state index contributed by atoms with van der Waals surface area (Å²) in [6.45, 7) is 0.844. The number of halogens is 3. The average molecular weight is 524 g/mol. The molecule has 4 heterocycles. The van der Waals surface area contributed by atoms with Crippen LogP contribution in [-0.2, 0) is 16.1 Å². The Kier molecular flexibility index (Phi) is 6.20. The summed E-state index contributed by atoms with van der Waals surface area (Å²) in [4.78, 5) is 47.1. The van der Waals surface area contributed by atoms with Gasteiger partial charge in [0.25, 0.3) is 0 Å². The Balaban J connectivity index is 1.57. The van der Waals surface area contributed by atoms with Gasteiger partial charge >= 0.3 is 0 Å². The lowest BCUT2D eigenvalue weighted by Crippen LogP contribution is -2.44. The molecular weight excluding hydrogens is 507 g/mol. The summed E-state index contributed by atoms with van der Waals surface area (Å²) < 4.78 is 16.0. The van der Waals surface area contributed by atoms with Crippen LogP contribution in [0.25, 0.3) is 10.9 Å². The first kappa shape index (κ1) is 22.3. The molecule has 2 amide bonds. The maximum absolute atomic E-state index is 14.2. The van der Waals surface area contributed by atoms with Gasteiger partial charge in [-0.3, -0.25) is 19.1 Å². The van der Waals surface area contributed by atoms with E-state index in [-0.39, 0.29) is 42.0 Å². The number of nitrogens with zero attached hydrogens (tertiary/aromatic N) is 5. The number of fused-ring (bicyclic) bond motifs is 1. The summed E-state index contributed by atoms with van der Waals surface area (Å²) in [6.07, 6.45) is -0.0516. The monoisotopic (exact) mass is 522 g/mol. The van der Waals surface area contributed by atoms with Crippen molar-refractivity contribution >= 4 is 61.8 Å². The molecule has 32 heavy (non-hydrogen) atoms. The number of ketones is 1. The fourth-order valence-electron chi connectivity index (χ4n) is 3.64. The number of alkyl halides is 1. The molecule has 3 aromatic rings. The predicted octanol–water partition coefficient (Wildman–Crippen LogP) is 3.02. The van der Waals surface area contributed by atoms with E-state index in [1.165, 1.54) is 28.8 Å². The van der Waals surface area contributed by atoms with Crippen LogP contribution < -0.4 is 5.32 Å². The number of carbonyl (C=O) groups excluding carboxylic acids is 3. The van der Waals surface area contributed by atoms with Crippen LogP contribution >= 0.6 is 27.5 Å². The number of rotatable bonds is 5. The van der Waals surface area contributed by atoms with Gasteiger partial charge in [-0.05, 0) is 34.1 Å². The van der Waals surface area contributed by atoms with Crippen molar-refractivity contribution in [3.05, 3.63) is 45.9 Å². The van der Waals surface area contributed by atoms with Crippen LogP contribution in [0, 0.1) is 0 Å². The van der Waals surface area contributed by atoms with Gasteiger partial charge in [0.1, 0.15) is 40.0 Å². The van der Waals surface area contributed by atoms with Crippen molar-refractivity contribution in [2.24, 2.45) is 0 Å². The van der Waals surface area contributed by atoms with Crippen LogP contribution in [0.1, 0.15) is 23.8 Å². The van der Waals surface area contributed by atoms with Crippen molar-refractivity contribution in [2.75, 3.05) is 11.9 Å². The highest BCUT2D eigenvalue weighted by atomic mass is 79.9. The minimum atomic E-state index is -1.34. The molecule has 4 rings (SSSR count). The van der Waals surface area contributed by atoms with Crippen LogP contribution in [0.2, 0.25) is 5.15 Å². The molecule has 0 aliphatic carbocycles. The van der Waals surface area contributed by atoms with Crippen LogP contribution in [-0.4, -0.2) is 61.0 Å². The molecular formula is C20H17BrClFN6O3. The highest BCUT2D eigenvalue weighted by Crippen LogP contribution is 2.25. The zero-order chi connectivity index (χ0) is 23.0. The second-order valence-corrected chi connectivity index (χ2v) is 8.52. The molecule has 0 radical (unpaired) electrons. The van der Waals surface area contributed by atoms with Gasteiger partial charge < -0.3 is 10.2 Å². The van der Waals surface area contributed by atoms with Gasteiger partial charge in [-0.15, -0.1) is 0 Å². The van der Waals surface area contributed by atoms with Crippen molar-refractivity contribution < 1.29 is 18.8 Å². The van der Waals surface area contributed by atoms with Gasteiger partial charge in [0, 0.05) is 18.7 Å². The first-order chi connectivity index (χ1) is 15.2. The summed E-state index contributed by atoms with van der Waals surface area (Å²) in [6, 6.07) is 5.48. The van der Waals surface area contributed by atoms with Gasteiger partial charge in [0.05, 0.1) is 18.3 Å². The molecule has 1 N–H and O–H groups in total. The maximum atomic E-state index is 14.2. The van der Waals surface area contributed by atoms with Gasteiger partial charge in [-0.2, -0.15) is 5.10 Å². The molecule has 0 bridgehead atoms. The molecule has 0 spiro atoms. The molecule has 1 aliphatic rings. The lowest BCUT2D eigenvalue weighted by Gasteiger charge is -2.23. The predicted molar refractivity (Wildman–Crippen MR) is 118 cm³/mol. The first-order valence-corrected chi connectivity index (χ1v) is 10.8. The fraction of sp³-hybridized carbons (Fsp3) is 0.300. The van der Waals surface area contributed by atoms with E-state index in [4.69, 9.17) is 11.6 Å². The summed E-state index contributed by atoms with van der Waals surface area (Å²) in [5.41, 5.74) is 0.584. The van der Waals surface area contributed by atoms with Crippen molar-refractivity contribution in [1.82, 2.24) is 24.6 Å². The quantitative estimate of drug-likeness (QED) is 0.407. The lowest BCUT2D eigenvalue weighted by atomic mass is 10.2. The van der Waals surface area contributed by atoms with Gasteiger partial charge in [-0.25, -0.2) is 14.4 Å². The SMILES string of the molecule is CC(=O)c1nn(CC(=O)N2C[C@H](F)C[C@H]2C(=O)Nc2cccc(Br)n2)c2cnc(Cl)cc12. The number of carbonyl (C=O) groups is 3. The van der Waals surface area contributed by atoms with Crippen molar-refractivity contribution in [3.63, 3.8) is 0 Å². The van der Waals surface area contributed by atoms with Crippen LogP contribution in [0.4, 0.5) is 10.2 Å². The number of Topliss-reactive ketones (excluding diaryl/α,β-unsaturated/α-hetero) is 1. The third-order valence-corrected chi connectivity index (χ3v) is 5.71. The number of amides is 2. The van der Waals surface area contributed by atoms with Crippen LogP contribution in [0.5, 0.6) is 0 Å². The number of hydrogen-bond donors (Lipinski definition) is 1. The van der Waals surface area contributed by atoms with Crippen LogP contribution in [0.15, 0.2) is 35.1 Å². The van der Waals surface area contributed by atoms with Crippen molar-refractivity contribution in [1.29, 1.82) is 0 Å². The highest BCUT2D eigenvalue weighted by molar-refractivity contribution is 9.10. The molecule has 0 aromatic carbocycles. The third kappa shape index (κ3) is 4.49. The Labute approximate surface area is 195 Å². The first-order valence-electron chi connectivity index (χ1n) is 9.63. The van der Waals surface area contributed by atoms with E-state index in [0.717, 1.165) is 0 Å². The Morgan fingerprint density at radius 3 is 2.84 bits per heavy atom. The molecule has 2 atom stereocenters. The van der Waals surface area contributed by atoms with E-state index < -0.39 is 24.0 Å². The van der Waals surface area contributed by atoms with Crippen molar-refractivity contribution in [3.8, 4) is 0 Å². The van der Waals surface area contributed by atoms with Crippen LogP contribution in [0.3, 0.4) is 0 Å². The van der Waals surface area contributed by atoms with Gasteiger partial charge in [-0.1, -0.05) is 17.7 Å². The standard InChI is InChI=1S/C20H17BrClFN6O3/c1-10(30)19-12-6-16(22)24-7-14(12)29(27-19)9-18(31)28-8-11(23)5-13(28)20(32)26-17-4-2-3-15(21)25-17/h2-4,6-7,11,13H,5,8-9H2,1H3,(H,25,26,32)/t11-,13+/m1/s1. The number of hydrogen-bond acceptors (Lipinski definition) is 6. The molecule has 1 saturated heterocycles. The van der Waals surface area contributed by atoms with Gasteiger partial charge in [0.2, 0.25) is 11.8 Å². The fourth-order valence-corrected chi connectivity index (χ4v) is 4.14. The molecule has 9 nitrogen and oxygen atoms in total. The van der Waals surface area contributed by atoms with E-state index in [1.807, 2.05) is 0 Å². The number of aromatic nitrogens is 4. The topological polar surface area (TPSA) is 110 Å². The molecule has 0 unspecified atom stereocenters. The van der Waals surface area contributed by atoms with E-state index >= 15 is 0 Å². The van der Waals surface area contributed by atoms with Crippen molar-refractivity contribution in [2.45, 2.75) is 32.1 Å². The molecule has 166 valence electrons. The number of anilines is 1. The smallest absolute Gasteiger partial charge is 0.248 e. The Bertz CT molecular complexity index is 1240. The second kappa shape index (κ2) is 8.91. The molecule has 3 aromatic heterocycles. The zero-order valence-electron chi connectivity index (χ0n) is 16.8. The van der Waals surface area contributed by atoms with E-state index in [2.05, 4.69) is 36.3 Å². The average Bonchev–Trinajstić information content (AvgIpc) is 3.28. The maximum Gasteiger partial charge on any atom is 0.248 e. The Morgan fingerprint density at radius 1 is 1.34 bits per heavy atom. The summed E-state index contributed by atoms with van der Waals surface area (Å²) in [5, 5.41) is 7.48. The van der Waals surface area contributed by atoms with E-state index in [9.17, 15) is 18.8 Å². The van der Waals surface area contributed by atoms with E-state index in [0.29, 0.717) is 15.5 Å². The molecule has 1 fully saturated rings. The lowest BCUT2D eigenvalue weighted by molar-refractivity contribution is -0.137. The number of pyridine rings is 2. The third-order valence-electron chi connectivity index (χ3n) is 5.06. The molecule has 0 saturated carbocycles. The summed E-state index contributed by atoms with van der Waals surface area (Å²) >= 11 is 9.15. The number of nitrogens with one attached hydrogen (secondary N) is 1. The largest absolute Gasteiger partial charge is 0.326 e. The molecule has 1 aliphatic heterocycles. The number of likely N-dealkylation sites (tertiary alicyclic amines) is 1. The summed E-state index contributed by atoms with van der Waals surface area (Å²) in [5.74, 6) is -1.06. The molecule has 12 heteroatoms. The van der Waals surface area contributed by atoms with E-state index in [1.54, 1.807) is 18.2 Å². The minimum Gasteiger partial charge on any atom is -0.326 e. The normalized spacial score (nSPS) is 18.2. The Morgan fingerprint density at radius 2 is 2.12 bits per heavy atom. The Hall–Kier alpha value is -2.92. The van der Waals surface area contributed by atoms with Gasteiger partial charge in [0.15, 0.2) is 5.78 Å². The second-order valence-electron chi connectivity index (χ2n) is 7.32. The minimum absolute atomic E-state index is 0.124. The zero-order valence-corrected chi connectivity index (χ0v) is 19.1.